The molecule has 0 bridgehead atoms. The van der Waals surface area contributed by atoms with Crippen molar-refractivity contribution >= 4 is 27.7 Å². The Balaban J connectivity index is 1.75. The van der Waals surface area contributed by atoms with E-state index in [1.54, 1.807) is 32.2 Å². The van der Waals surface area contributed by atoms with Crippen LogP contribution in [0.15, 0.2) is 33.6 Å². The summed E-state index contributed by atoms with van der Waals surface area (Å²) in [5.74, 6) is -0.947. The summed E-state index contributed by atoms with van der Waals surface area (Å²) in [5.41, 5.74) is -0.468. The van der Waals surface area contributed by atoms with Crippen LogP contribution in [0.4, 0.5) is 0 Å². The number of likely N-dealkylation sites (tertiary alicyclic amines) is 1. The molecule has 1 atom stereocenters. The molecule has 8 nitrogen and oxygen atoms in total. The molecule has 0 aliphatic carbocycles. The van der Waals surface area contributed by atoms with E-state index in [-0.39, 0.29) is 29.7 Å². The number of carboxylic acid groups (broad SMARTS) is 1. The zero-order valence-corrected chi connectivity index (χ0v) is 14.8. The summed E-state index contributed by atoms with van der Waals surface area (Å²) in [5, 5.41) is 9.26. The largest absolute Gasteiger partial charge is 0.481 e. The molecule has 1 N–H and O–H groups in total. The number of sulfonamides is 1. The fourth-order valence-electron chi connectivity index (χ4n) is 3.09. The van der Waals surface area contributed by atoms with Crippen LogP contribution in [-0.4, -0.2) is 67.7 Å². The average molecular weight is 365 g/mol. The molecule has 134 valence electrons. The maximum Gasteiger partial charge on any atom is 0.311 e. The Morgan fingerprint density at radius 1 is 1.36 bits per heavy atom. The first kappa shape index (κ1) is 17.4. The van der Waals surface area contributed by atoms with Crippen LogP contribution in [0.5, 0.6) is 0 Å². The number of amidine groups is 1. The molecule has 2 aliphatic heterocycles. The predicted molar refractivity (Wildman–Crippen MR) is 89.7 cm³/mol. The van der Waals surface area contributed by atoms with Gasteiger partial charge < -0.3 is 14.9 Å². The second kappa shape index (κ2) is 5.83. The highest BCUT2D eigenvalue weighted by molar-refractivity contribution is 7.90. The van der Waals surface area contributed by atoms with Crippen molar-refractivity contribution in [2.75, 3.05) is 26.7 Å². The van der Waals surface area contributed by atoms with Gasteiger partial charge in [0.05, 0.1) is 12.0 Å². The highest BCUT2D eigenvalue weighted by atomic mass is 32.2. The molecule has 0 spiro atoms. The lowest BCUT2D eigenvalue weighted by atomic mass is 9.90. The van der Waals surface area contributed by atoms with Crippen molar-refractivity contribution in [3.05, 3.63) is 29.8 Å². The summed E-state index contributed by atoms with van der Waals surface area (Å²) in [4.78, 5) is 26.9. The Hall–Kier alpha value is -2.42. The van der Waals surface area contributed by atoms with Gasteiger partial charge in [-0.2, -0.15) is 8.42 Å². The van der Waals surface area contributed by atoms with E-state index < -0.39 is 21.4 Å². The van der Waals surface area contributed by atoms with Crippen molar-refractivity contribution in [3.8, 4) is 0 Å². The Morgan fingerprint density at radius 2 is 2.04 bits per heavy atom. The van der Waals surface area contributed by atoms with Gasteiger partial charge in [-0.15, -0.1) is 4.40 Å². The second-order valence-electron chi connectivity index (χ2n) is 6.67. The average Bonchev–Trinajstić information content (AvgIpc) is 3.08. The first-order valence-electron chi connectivity index (χ1n) is 7.81. The van der Waals surface area contributed by atoms with E-state index in [2.05, 4.69) is 4.40 Å². The van der Waals surface area contributed by atoms with Crippen LogP contribution >= 0.6 is 0 Å². The summed E-state index contributed by atoms with van der Waals surface area (Å²) >= 11 is 0. The lowest BCUT2D eigenvalue weighted by Gasteiger charge is -2.24. The number of hydrogen-bond donors (Lipinski definition) is 1. The van der Waals surface area contributed by atoms with E-state index in [4.69, 9.17) is 0 Å². The van der Waals surface area contributed by atoms with Crippen molar-refractivity contribution in [3.63, 3.8) is 0 Å². The predicted octanol–water partition coefficient (Wildman–Crippen LogP) is 0.391. The normalized spacial score (nSPS) is 23.9. The van der Waals surface area contributed by atoms with Crippen LogP contribution in [0.1, 0.15) is 18.9 Å². The van der Waals surface area contributed by atoms with Crippen LogP contribution < -0.4 is 0 Å². The van der Waals surface area contributed by atoms with Crippen molar-refractivity contribution < 1.29 is 23.1 Å². The molecule has 3 rings (SSSR count). The van der Waals surface area contributed by atoms with E-state index in [0.29, 0.717) is 18.5 Å². The molecule has 2 heterocycles. The standard InChI is InChI=1S/C16H19N3O5S/c1-16(15(21)22)7-8-19(10-16)13(20)9-18(2)14-11-5-3-4-6-12(11)25(23,24)17-14/h3-6H,7-10H2,1-2H3,(H,21,22). The zero-order chi connectivity index (χ0) is 18.4. The van der Waals surface area contributed by atoms with Crippen molar-refractivity contribution in [1.29, 1.82) is 0 Å². The highest BCUT2D eigenvalue weighted by Crippen LogP contribution is 2.31. The van der Waals surface area contributed by atoms with Gasteiger partial charge in [-0.05, 0) is 25.5 Å². The molecule has 9 heteroatoms. The van der Waals surface area contributed by atoms with Gasteiger partial charge in [0.15, 0.2) is 5.84 Å². The molecule has 0 aromatic heterocycles. The van der Waals surface area contributed by atoms with Gasteiger partial charge in [0.1, 0.15) is 4.90 Å². The smallest absolute Gasteiger partial charge is 0.311 e. The number of benzene rings is 1. The second-order valence-corrected chi connectivity index (χ2v) is 8.25. The molecule has 1 aromatic rings. The SMILES string of the molecule is CN(CC(=O)N1CCC(C)(C(=O)O)C1)C1=NS(=O)(=O)c2ccccc21. The van der Waals surface area contributed by atoms with Crippen molar-refractivity contribution in [2.45, 2.75) is 18.2 Å². The van der Waals surface area contributed by atoms with Crippen LogP contribution in [0.25, 0.3) is 0 Å². The summed E-state index contributed by atoms with van der Waals surface area (Å²) in [6.45, 7) is 2.07. The molecule has 2 aliphatic rings. The fourth-order valence-corrected chi connectivity index (χ4v) is 4.34. The van der Waals surface area contributed by atoms with Gasteiger partial charge in [-0.25, -0.2) is 0 Å². The van der Waals surface area contributed by atoms with Gasteiger partial charge in [0.25, 0.3) is 10.0 Å². The Labute approximate surface area is 145 Å². The van der Waals surface area contributed by atoms with Crippen LogP contribution in [0, 0.1) is 5.41 Å². The molecule has 1 saturated heterocycles. The van der Waals surface area contributed by atoms with Crippen LogP contribution in [-0.2, 0) is 19.6 Å². The number of nitrogens with zero attached hydrogens (tertiary/aromatic N) is 3. The van der Waals surface area contributed by atoms with Crippen LogP contribution in [0.3, 0.4) is 0 Å². The van der Waals surface area contributed by atoms with Gasteiger partial charge in [0.2, 0.25) is 5.91 Å². The number of rotatable bonds is 3. The quantitative estimate of drug-likeness (QED) is 0.830. The first-order chi connectivity index (χ1) is 11.6. The maximum absolute atomic E-state index is 12.5. The lowest BCUT2D eigenvalue weighted by molar-refractivity contribution is -0.147. The first-order valence-corrected chi connectivity index (χ1v) is 9.25. The molecule has 25 heavy (non-hydrogen) atoms. The molecule has 1 aromatic carbocycles. The Kier molecular flexibility index (Phi) is 4.06. The highest BCUT2D eigenvalue weighted by Gasteiger charge is 2.42. The van der Waals surface area contributed by atoms with Crippen molar-refractivity contribution in [2.24, 2.45) is 9.81 Å². The molecule has 1 unspecified atom stereocenters. The number of likely N-dealkylation sites (N-methyl/N-ethyl adjacent to an activating group) is 1. The maximum atomic E-state index is 12.5. The molecule has 1 fully saturated rings. The van der Waals surface area contributed by atoms with E-state index in [1.165, 1.54) is 15.9 Å². The lowest BCUT2D eigenvalue weighted by Crippen LogP contribution is -2.41. The molecular formula is C16H19N3O5S. The molecule has 1 amide bonds. The van der Waals surface area contributed by atoms with Gasteiger partial charge in [-0.1, -0.05) is 12.1 Å². The summed E-state index contributed by atoms with van der Waals surface area (Å²) in [6, 6.07) is 6.47. The number of amides is 1. The van der Waals surface area contributed by atoms with Crippen molar-refractivity contribution in [1.82, 2.24) is 9.80 Å². The number of carbonyl (C=O) groups excluding carboxylic acids is 1. The minimum atomic E-state index is -3.74. The summed E-state index contributed by atoms with van der Waals surface area (Å²) in [6.07, 6.45) is 0.399. The third-order valence-corrected chi connectivity index (χ3v) is 6.01. The monoisotopic (exact) mass is 365 g/mol. The summed E-state index contributed by atoms with van der Waals surface area (Å²) < 4.78 is 28.0. The Bertz CT molecular complexity index is 880. The van der Waals surface area contributed by atoms with E-state index in [9.17, 15) is 23.1 Å². The number of hydrogen-bond acceptors (Lipinski definition) is 5. The minimum Gasteiger partial charge on any atom is -0.481 e. The number of fused-ring (bicyclic) bond motifs is 1. The van der Waals surface area contributed by atoms with E-state index in [1.807, 2.05) is 0 Å². The molecule has 0 saturated carbocycles. The number of carboxylic acids is 1. The molecular weight excluding hydrogens is 346 g/mol. The van der Waals surface area contributed by atoms with E-state index in [0.717, 1.165) is 0 Å². The third-order valence-electron chi connectivity index (χ3n) is 4.69. The van der Waals surface area contributed by atoms with Gasteiger partial charge in [-0.3, -0.25) is 9.59 Å². The fraction of sp³-hybridized carbons (Fsp3) is 0.438. The minimum absolute atomic E-state index is 0.0710. The Morgan fingerprint density at radius 3 is 2.68 bits per heavy atom. The topological polar surface area (TPSA) is 107 Å². The number of carbonyl (C=O) groups is 2. The zero-order valence-electron chi connectivity index (χ0n) is 14.0. The van der Waals surface area contributed by atoms with Gasteiger partial charge >= 0.3 is 5.97 Å². The third kappa shape index (κ3) is 2.99. The van der Waals surface area contributed by atoms with Crippen LogP contribution in [0.2, 0.25) is 0 Å². The van der Waals surface area contributed by atoms with E-state index >= 15 is 0 Å². The molecule has 0 radical (unpaired) electrons. The number of aliphatic carboxylic acids is 1. The van der Waals surface area contributed by atoms with Gasteiger partial charge in [0, 0.05) is 25.7 Å². The summed E-state index contributed by atoms with van der Waals surface area (Å²) in [7, 11) is -2.14.